The first kappa shape index (κ1) is 15.6. The van der Waals surface area contributed by atoms with Gasteiger partial charge in [0.1, 0.15) is 11.6 Å². The van der Waals surface area contributed by atoms with E-state index in [0.717, 1.165) is 18.2 Å². The highest BCUT2D eigenvalue weighted by Crippen LogP contribution is 2.08. The molecule has 0 aliphatic rings. The van der Waals surface area contributed by atoms with Crippen LogP contribution in [-0.2, 0) is 24.3 Å². The van der Waals surface area contributed by atoms with E-state index in [1.54, 1.807) is 7.11 Å². The van der Waals surface area contributed by atoms with E-state index >= 15 is 0 Å². The monoisotopic (exact) mass is 291 g/mol. The highest BCUT2D eigenvalue weighted by molar-refractivity contribution is 5.22. The number of benzene rings is 2. The van der Waals surface area contributed by atoms with Crippen LogP contribution in [0.2, 0.25) is 0 Å². The van der Waals surface area contributed by atoms with Crippen molar-refractivity contribution in [1.82, 2.24) is 5.32 Å². The Kier molecular flexibility index (Phi) is 5.84. The zero-order valence-corrected chi connectivity index (χ0v) is 12.0. The number of halogens is 2. The summed E-state index contributed by atoms with van der Waals surface area (Å²) < 4.78 is 31.1. The molecule has 2 aromatic carbocycles. The molecule has 2 aromatic rings. The molecule has 0 aliphatic carbocycles. The van der Waals surface area contributed by atoms with Gasteiger partial charge in [-0.1, -0.05) is 24.3 Å². The van der Waals surface area contributed by atoms with Crippen LogP contribution in [0.3, 0.4) is 0 Å². The quantitative estimate of drug-likeness (QED) is 0.789. The van der Waals surface area contributed by atoms with Gasteiger partial charge in [0, 0.05) is 19.7 Å². The highest BCUT2D eigenvalue weighted by Gasteiger charge is 2.00. The van der Waals surface area contributed by atoms with E-state index in [0.29, 0.717) is 25.1 Å². The largest absolute Gasteiger partial charge is 0.380 e. The Balaban J connectivity index is 1.76. The average Bonchev–Trinajstić information content (AvgIpc) is 2.45. The molecule has 0 fully saturated rings. The fourth-order valence-corrected chi connectivity index (χ4v) is 2.14. The van der Waals surface area contributed by atoms with Gasteiger partial charge < -0.3 is 10.1 Å². The maximum atomic E-state index is 13.0. The molecule has 0 aliphatic heterocycles. The lowest BCUT2D eigenvalue weighted by Gasteiger charge is -2.07. The van der Waals surface area contributed by atoms with Gasteiger partial charge in [0.2, 0.25) is 0 Å². The molecule has 0 radical (unpaired) electrons. The van der Waals surface area contributed by atoms with Crippen molar-refractivity contribution < 1.29 is 13.5 Å². The van der Waals surface area contributed by atoms with Crippen LogP contribution in [0.15, 0.2) is 42.5 Å². The van der Waals surface area contributed by atoms with Gasteiger partial charge in [0.15, 0.2) is 0 Å². The van der Waals surface area contributed by atoms with Crippen LogP contribution in [0.5, 0.6) is 0 Å². The third-order valence-corrected chi connectivity index (χ3v) is 3.18. The molecule has 0 bridgehead atoms. The van der Waals surface area contributed by atoms with E-state index in [1.807, 2.05) is 24.3 Å². The third-order valence-electron chi connectivity index (χ3n) is 3.18. The van der Waals surface area contributed by atoms with Crippen LogP contribution < -0.4 is 5.32 Å². The molecule has 0 unspecified atom stereocenters. The van der Waals surface area contributed by atoms with Gasteiger partial charge in [0.05, 0.1) is 6.61 Å². The zero-order chi connectivity index (χ0) is 15.1. The number of ether oxygens (including phenoxy) is 1. The summed E-state index contributed by atoms with van der Waals surface area (Å²) in [4.78, 5) is 0. The van der Waals surface area contributed by atoms with Gasteiger partial charge in [-0.15, -0.1) is 0 Å². The Bertz CT molecular complexity index is 549. The molecular formula is C17H19F2NO. The smallest absolute Gasteiger partial charge is 0.126 e. The normalized spacial score (nSPS) is 10.8. The van der Waals surface area contributed by atoms with Crippen LogP contribution in [0.4, 0.5) is 8.78 Å². The SMILES string of the molecule is COCc1ccc(CNCCc2cc(F)cc(F)c2)cc1. The summed E-state index contributed by atoms with van der Waals surface area (Å²) in [5.74, 6) is -1.06. The fraction of sp³-hybridized carbons (Fsp3) is 0.294. The molecule has 0 atom stereocenters. The van der Waals surface area contributed by atoms with Crippen LogP contribution >= 0.6 is 0 Å². The van der Waals surface area contributed by atoms with Gasteiger partial charge in [-0.2, -0.15) is 0 Å². The molecule has 21 heavy (non-hydrogen) atoms. The van der Waals surface area contributed by atoms with Crippen molar-refractivity contribution in [1.29, 1.82) is 0 Å². The van der Waals surface area contributed by atoms with Crippen molar-refractivity contribution in [2.24, 2.45) is 0 Å². The van der Waals surface area contributed by atoms with Gasteiger partial charge in [-0.25, -0.2) is 8.78 Å². The van der Waals surface area contributed by atoms with E-state index in [1.165, 1.54) is 17.7 Å². The van der Waals surface area contributed by atoms with Gasteiger partial charge in [-0.3, -0.25) is 0 Å². The average molecular weight is 291 g/mol. The first-order chi connectivity index (χ1) is 10.2. The van der Waals surface area contributed by atoms with Gasteiger partial charge in [-0.05, 0) is 41.8 Å². The maximum Gasteiger partial charge on any atom is 0.126 e. The molecule has 0 spiro atoms. The number of hydrogen-bond acceptors (Lipinski definition) is 2. The molecule has 0 heterocycles. The van der Waals surface area contributed by atoms with Crippen LogP contribution in [0.25, 0.3) is 0 Å². The molecule has 0 amide bonds. The molecule has 0 saturated heterocycles. The summed E-state index contributed by atoms with van der Waals surface area (Å²) >= 11 is 0. The van der Waals surface area contributed by atoms with Crippen molar-refractivity contribution in [3.8, 4) is 0 Å². The molecule has 0 saturated carbocycles. The Morgan fingerprint density at radius 2 is 1.52 bits per heavy atom. The molecular weight excluding hydrogens is 272 g/mol. The number of hydrogen-bond donors (Lipinski definition) is 1. The van der Waals surface area contributed by atoms with E-state index in [9.17, 15) is 8.78 Å². The first-order valence-corrected chi connectivity index (χ1v) is 6.90. The predicted octanol–water partition coefficient (Wildman–Crippen LogP) is 3.44. The lowest BCUT2D eigenvalue weighted by Crippen LogP contribution is -2.16. The Hall–Kier alpha value is -1.78. The van der Waals surface area contributed by atoms with Crippen molar-refractivity contribution in [3.63, 3.8) is 0 Å². The zero-order valence-electron chi connectivity index (χ0n) is 12.0. The number of nitrogens with one attached hydrogen (secondary N) is 1. The maximum absolute atomic E-state index is 13.0. The summed E-state index contributed by atoms with van der Waals surface area (Å²) in [7, 11) is 1.67. The summed E-state index contributed by atoms with van der Waals surface area (Å²) in [5, 5.41) is 3.26. The Morgan fingerprint density at radius 3 is 2.14 bits per heavy atom. The second kappa shape index (κ2) is 7.86. The second-order valence-corrected chi connectivity index (χ2v) is 4.95. The summed E-state index contributed by atoms with van der Waals surface area (Å²) in [5.41, 5.74) is 2.97. The van der Waals surface area contributed by atoms with Crippen LogP contribution in [0, 0.1) is 11.6 Å². The Labute approximate surface area is 123 Å². The standard InChI is InChI=1S/C17H19F2NO/c1-21-12-14-4-2-13(3-5-14)11-20-7-6-15-8-16(18)10-17(19)9-15/h2-5,8-10,20H,6-7,11-12H2,1H3. The molecule has 112 valence electrons. The minimum Gasteiger partial charge on any atom is -0.380 e. The predicted molar refractivity (Wildman–Crippen MR) is 78.9 cm³/mol. The summed E-state index contributed by atoms with van der Waals surface area (Å²) in [6, 6.07) is 11.8. The minimum atomic E-state index is -0.529. The molecule has 2 nitrogen and oxygen atoms in total. The van der Waals surface area contributed by atoms with Crippen LogP contribution in [-0.4, -0.2) is 13.7 Å². The molecule has 1 N–H and O–H groups in total. The van der Waals surface area contributed by atoms with Gasteiger partial charge >= 0.3 is 0 Å². The van der Waals surface area contributed by atoms with Gasteiger partial charge in [0.25, 0.3) is 0 Å². The summed E-state index contributed by atoms with van der Waals surface area (Å²) in [6.07, 6.45) is 0.594. The van der Waals surface area contributed by atoms with E-state index < -0.39 is 11.6 Å². The van der Waals surface area contributed by atoms with Crippen molar-refractivity contribution in [2.45, 2.75) is 19.6 Å². The topological polar surface area (TPSA) is 21.3 Å². The second-order valence-electron chi connectivity index (χ2n) is 4.95. The Morgan fingerprint density at radius 1 is 0.905 bits per heavy atom. The highest BCUT2D eigenvalue weighted by atomic mass is 19.1. The first-order valence-electron chi connectivity index (χ1n) is 6.90. The molecule has 2 rings (SSSR count). The summed E-state index contributed by atoms with van der Waals surface area (Å²) in [6.45, 7) is 2.01. The minimum absolute atomic E-state index is 0.529. The lowest BCUT2D eigenvalue weighted by molar-refractivity contribution is 0.185. The van der Waals surface area contributed by atoms with Crippen LogP contribution in [0.1, 0.15) is 16.7 Å². The van der Waals surface area contributed by atoms with Crippen molar-refractivity contribution in [2.75, 3.05) is 13.7 Å². The third kappa shape index (κ3) is 5.25. The molecule has 0 aromatic heterocycles. The van der Waals surface area contributed by atoms with E-state index in [4.69, 9.17) is 4.74 Å². The lowest BCUT2D eigenvalue weighted by atomic mass is 10.1. The van der Waals surface area contributed by atoms with Crippen molar-refractivity contribution in [3.05, 3.63) is 70.8 Å². The number of rotatable bonds is 7. The van der Waals surface area contributed by atoms with E-state index in [-0.39, 0.29) is 0 Å². The number of methoxy groups -OCH3 is 1. The fourth-order valence-electron chi connectivity index (χ4n) is 2.14. The van der Waals surface area contributed by atoms with Crippen molar-refractivity contribution >= 4 is 0 Å². The van der Waals surface area contributed by atoms with E-state index in [2.05, 4.69) is 5.32 Å². The molecule has 4 heteroatoms.